The van der Waals surface area contributed by atoms with Crippen LogP contribution in [0.5, 0.6) is 5.88 Å². The summed E-state index contributed by atoms with van der Waals surface area (Å²) in [6.45, 7) is 6.06. The van der Waals surface area contributed by atoms with Crippen LogP contribution in [0.1, 0.15) is 26.3 Å². The van der Waals surface area contributed by atoms with Gasteiger partial charge >= 0.3 is 0 Å². The van der Waals surface area contributed by atoms with E-state index in [9.17, 15) is 5.11 Å². The minimum atomic E-state index is -0.199. The van der Waals surface area contributed by atoms with Crippen LogP contribution in [0.3, 0.4) is 0 Å². The molecule has 16 heavy (non-hydrogen) atoms. The topological polar surface area (TPSA) is 46.3 Å². The minimum Gasteiger partial charge on any atom is -0.491 e. The molecule has 0 spiro atoms. The molecule has 1 aromatic carbocycles. The predicted octanol–water partition coefficient (Wildman–Crippen LogP) is 3.34. The maximum absolute atomic E-state index is 9.72. The Labute approximate surface area is 94.7 Å². The van der Waals surface area contributed by atoms with Crippen molar-refractivity contribution in [3.05, 3.63) is 35.9 Å². The second kappa shape index (κ2) is 3.67. The Balaban J connectivity index is 2.60. The van der Waals surface area contributed by atoms with Crippen molar-refractivity contribution in [3.63, 3.8) is 0 Å². The SMILES string of the molecule is CC(C)(C)c1c(O)noc1-c1ccccc1. The summed E-state index contributed by atoms with van der Waals surface area (Å²) >= 11 is 0. The van der Waals surface area contributed by atoms with Crippen molar-refractivity contribution in [3.8, 4) is 17.2 Å². The van der Waals surface area contributed by atoms with Gasteiger partial charge in [0.25, 0.3) is 5.88 Å². The first-order valence-electron chi connectivity index (χ1n) is 5.24. The molecule has 3 heteroatoms. The van der Waals surface area contributed by atoms with Gasteiger partial charge in [-0.2, -0.15) is 0 Å². The van der Waals surface area contributed by atoms with Crippen LogP contribution < -0.4 is 0 Å². The van der Waals surface area contributed by atoms with E-state index >= 15 is 0 Å². The average molecular weight is 217 g/mol. The highest BCUT2D eigenvalue weighted by atomic mass is 16.5. The van der Waals surface area contributed by atoms with Crippen molar-refractivity contribution >= 4 is 0 Å². The summed E-state index contributed by atoms with van der Waals surface area (Å²) < 4.78 is 5.21. The second-order valence-corrected chi connectivity index (χ2v) is 4.83. The monoisotopic (exact) mass is 217 g/mol. The maximum atomic E-state index is 9.72. The van der Waals surface area contributed by atoms with E-state index in [1.165, 1.54) is 0 Å². The molecule has 1 heterocycles. The van der Waals surface area contributed by atoms with Gasteiger partial charge in [-0.3, -0.25) is 0 Å². The molecule has 0 aliphatic carbocycles. The van der Waals surface area contributed by atoms with Gasteiger partial charge in [0.05, 0.1) is 5.56 Å². The molecule has 0 radical (unpaired) electrons. The van der Waals surface area contributed by atoms with Gasteiger partial charge in [0, 0.05) is 5.56 Å². The quantitative estimate of drug-likeness (QED) is 0.796. The number of benzene rings is 1. The number of hydrogen-bond donors (Lipinski definition) is 1. The molecule has 0 aliphatic heterocycles. The van der Waals surface area contributed by atoms with Crippen molar-refractivity contribution in [2.75, 3.05) is 0 Å². The van der Waals surface area contributed by atoms with Gasteiger partial charge in [-0.25, -0.2) is 0 Å². The highest BCUT2D eigenvalue weighted by molar-refractivity contribution is 5.64. The summed E-state index contributed by atoms with van der Waals surface area (Å²) in [6.07, 6.45) is 0. The zero-order chi connectivity index (χ0) is 11.8. The molecule has 3 nitrogen and oxygen atoms in total. The van der Waals surface area contributed by atoms with Crippen LogP contribution in [0.15, 0.2) is 34.9 Å². The number of hydrogen-bond acceptors (Lipinski definition) is 3. The van der Waals surface area contributed by atoms with E-state index in [1.54, 1.807) is 0 Å². The summed E-state index contributed by atoms with van der Waals surface area (Å²) in [6, 6.07) is 9.68. The Morgan fingerprint density at radius 2 is 1.75 bits per heavy atom. The average Bonchev–Trinajstić information content (AvgIpc) is 2.61. The number of rotatable bonds is 1. The molecule has 0 saturated carbocycles. The fraction of sp³-hybridized carbons (Fsp3) is 0.308. The molecule has 1 aromatic heterocycles. The predicted molar refractivity (Wildman–Crippen MR) is 62.3 cm³/mol. The van der Waals surface area contributed by atoms with Gasteiger partial charge in [-0.1, -0.05) is 51.1 Å². The molecule has 0 aliphatic rings. The largest absolute Gasteiger partial charge is 0.491 e. The first-order chi connectivity index (χ1) is 7.50. The molecule has 0 unspecified atom stereocenters. The summed E-state index contributed by atoms with van der Waals surface area (Å²) in [5, 5.41) is 13.4. The van der Waals surface area contributed by atoms with Gasteiger partial charge in [-0.15, -0.1) is 0 Å². The summed E-state index contributed by atoms with van der Waals surface area (Å²) in [4.78, 5) is 0. The molecular weight excluding hydrogens is 202 g/mol. The van der Waals surface area contributed by atoms with Crippen molar-refractivity contribution in [2.24, 2.45) is 0 Å². The molecule has 0 amide bonds. The van der Waals surface area contributed by atoms with Gasteiger partial charge in [0.15, 0.2) is 5.76 Å². The molecule has 0 fully saturated rings. The molecule has 0 saturated heterocycles. The molecule has 0 atom stereocenters. The maximum Gasteiger partial charge on any atom is 0.256 e. The van der Waals surface area contributed by atoms with Crippen LogP contribution in [-0.4, -0.2) is 10.3 Å². The number of nitrogens with zero attached hydrogens (tertiary/aromatic N) is 1. The standard InChI is InChI=1S/C13H15NO2/c1-13(2,3)10-11(16-14-12(10)15)9-7-5-4-6-8-9/h4-8H,1-3H3,(H,14,15). The minimum absolute atomic E-state index is 0.0219. The van der Waals surface area contributed by atoms with E-state index in [0.29, 0.717) is 5.76 Å². The fourth-order valence-corrected chi connectivity index (χ4v) is 1.74. The Hall–Kier alpha value is -1.77. The van der Waals surface area contributed by atoms with Crippen LogP contribution in [0.4, 0.5) is 0 Å². The molecule has 1 N–H and O–H groups in total. The fourth-order valence-electron chi connectivity index (χ4n) is 1.74. The Morgan fingerprint density at radius 3 is 2.31 bits per heavy atom. The Morgan fingerprint density at radius 1 is 1.12 bits per heavy atom. The Bertz CT molecular complexity index is 480. The third kappa shape index (κ3) is 1.81. The lowest BCUT2D eigenvalue weighted by atomic mass is 9.85. The first kappa shape index (κ1) is 10.7. The van der Waals surface area contributed by atoms with Gasteiger partial charge in [0.2, 0.25) is 0 Å². The normalized spacial score (nSPS) is 11.7. The van der Waals surface area contributed by atoms with E-state index in [4.69, 9.17) is 4.52 Å². The lowest BCUT2D eigenvalue weighted by Crippen LogP contribution is -2.11. The lowest BCUT2D eigenvalue weighted by molar-refractivity contribution is 0.363. The molecule has 2 aromatic rings. The van der Waals surface area contributed by atoms with Crippen LogP contribution >= 0.6 is 0 Å². The number of aromatic nitrogens is 1. The van der Waals surface area contributed by atoms with Crippen molar-refractivity contribution in [1.29, 1.82) is 0 Å². The van der Waals surface area contributed by atoms with E-state index in [2.05, 4.69) is 5.16 Å². The van der Waals surface area contributed by atoms with Crippen molar-refractivity contribution in [2.45, 2.75) is 26.2 Å². The zero-order valence-corrected chi connectivity index (χ0v) is 9.69. The smallest absolute Gasteiger partial charge is 0.256 e. The third-order valence-corrected chi connectivity index (χ3v) is 2.46. The second-order valence-electron chi connectivity index (χ2n) is 4.83. The van der Waals surface area contributed by atoms with E-state index in [-0.39, 0.29) is 11.3 Å². The third-order valence-electron chi connectivity index (χ3n) is 2.46. The van der Waals surface area contributed by atoms with Crippen LogP contribution in [0.25, 0.3) is 11.3 Å². The van der Waals surface area contributed by atoms with Crippen LogP contribution in [0, 0.1) is 0 Å². The van der Waals surface area contributed by atoms with E-state index in [0.717, 1.165) is 11.1 Å². The van der Waals surface area contributed by atoms with Gasteiger partial charge in [-0.05, 0) is 10.6 Å². The Kier molecular flexibility index (Phi) is 2.46. The number of aromatic hydroxyl groups is 1. The van der Waals surface area contributed by atoms with Crippen LogP contribution in [0.2, 0.25) is 0 Å². The summed E-state index contributed by atoms with van der Waals surface area (Å²) in [5.74, 6) is 0.622. The van der Waals surface area contributed by atoms with E-state index in [1.807, 2.05) is 51.1 Å². The highest BCUT2D eigenvalue weighted by Crippen LogP contribution is 2.38. The molecule has 2 rings (SSSR count). The molecular formula is C13H15NO2. The molecule has 0 bridgehead atoms. The van der Waals surface area contributed by atoms with Gasteiger partial charge in [0.1, 0.15) is 0 Å². The lowest BCUT2D eigenvalue weighted by Gasteiger charge is -2.17. The van der Waals surface area contributed by atoms with Gasteiger partial charge < -0.3 is 9.63 Å². The highest BCUT2D eigenvalue weighted by Gasteiger charge is 2.27. The van der Waals surface area contributed by atoms with E-state index < -0.39 is 0 Å². The van der Waals surface area contributed by atoms with Crippen molar-refractivity contribution in [1.82, 2.24) is 5.16 Å². The first-order valence-corrected chi connectivity index (χ1v) is 5.24. The zero-order valence-electron chi connectivity index (χ0n) is 9.69. The van der Waals surface area contributed by atoms with Crippen LogP contribution in [-0.2, 0) is 5.41 Å². The summed E-state index contributed by atoms with van der Waals surface area (Å²) in [5.41, 5.74) is 1.48. The van der Waals surface area contributed by atoms with Crippen molar-refractivity contribution < 1.29 is 9.63 Å². The summed E-state index contributed by atoms with van der Waals surface area (Å²) in [7, 11) is 0. The molecule has 84 valence electrons.